The van der Waals surface area contributed by atoms with Crippen molar-refractivity contribution in [3.63, 3.8) is 0 Å². The van der Waals surface area contributed by atoms with Gasteiger partial charge < -0.3 is 14.8 Å². The second kappa shape index (κ2) is 4.83. The second-order valence-electron chi connectivity index (χ2n) is 6.22. The lowest BCUT2D eigenvalue weighted by Gasteiger charge is -2.30. The summed E-state index contributed by atoms with van der Waals surface area (Å²) in [6, 6.07) is 2.22. The predicted molar refractivity (Wildman–Crippen MR) is 71.8 cm³/mol. The van der Waals surface area contributed by atoms with Gasteiger partial charge in [-0.2, -0.15) is 5.26 Å². The normalized spacial score (nSPS) is 37.4. The molecule has 2 bridgehead atoms. The minimum Gasteiger partial charge on any atom is -0.458 e. The first-order chi connectivity index (χ1) is 10.4. The summed E-state index contributed by atoms with van der Waals surface area (Å²) in [5.41, 5.74) is -0.561. The predicted octanol–water partition coefficient (Wildman–Crippen LogP) is 0.0657. The molecular weight excluding hydrogens is 288 g/mol. The fourth-order valence-electron chi connectivity index (χ4n) is 3.76. The first-order valence-corrected chi connectivity index (χ1v) is 7.13. The summed E-state index contributed by atoms with van der Waals surface area (Å²) in [6.45, 7) is 4.69. The van der Waals surface area contributed by atoms with Crippen molar-refractivity contribution in [2.75, 3.05) is 6.54 Å². The zero-order valence-electron chi connectivity index (χ0n) is 12.1. The molecule has 7 heteroatoms. The average Bonchev–Trinajstić information content (AvgIpc) is 3.06. The maximum absolute atomic E-state index is 11.9. The van der Waals surface area contributed by atoms with Crippen LogP contribution in [0.4, 0.5) is 0 Å². The Morgan fingerprint density at radius 3 is 2.91 bits per heavy atom. The summed E-state index contributed by atoms with van der Waals surface area (Å²) in [5.74, 6) is -1.69. The molecule has 0 aromatic carbocycles. The van der Waals surface area contributed by atoms with Crippen LogP contribution >= 0.6 is 0 Å². The lowest BCUT2D eigenvalue weighted by Crippen LogP contribution is -2.44. The number of ether oxygens (including phenoxy) is 2. The van der Waals surface area contributed by atoms with Crippen molar-refractivity contribution < 1.29 is 23.9 Å². The number of hydrogen-bond donors (Lipinski definition) is 1. The van der Waals surface area contributed by atoms with E-state index in [9.17, 15) is 19.6 Å². The molecule has 3 rings (SSSR count). The molecule has 3 aliphatic rings. The molecule has 1 amide bonds. The smallest absolute Gasteiger partial charge is 0.325 e. The average molecular weight is 304 g/mol. The molecule has 5 unspecified atom stereocenters. The van der Waals surface area contributed by atoms with Crippen LogP contribution in [0.1, 0.15) is 19.8 Å². The molecule has 0 radical (unpaired) electrons. The largest absolute Gasteiger partial charge is 0.458 e. The quantitative estimate of drug-likeness (QED) is 0.582. The fourth-order valence-corrected chi connectivity index (χ4v) is 3.76. The molecule has 7 nitrogen and oxygen atoms in total. The Labute approximate surface area is 127 Å². The number of hydrogen-bond acceptors (Lipinski definition) is 6. The molecule has 116 valence electrons. The standard InChI is InChI=1S/C15H16N2O5/c1-7(2)13(19)17-5-10(18)21-12-11-8-3-15(12,6-16)4-9(8)14(20)22-11/h8-9,11-12H,1,3-5H2,2H3,(H,17,19). The number of rotatable bonds is 4. The number of esters is 2. The highest BCUT2D eigenvalue weighted by Crippen LogP contribution is 2.62. The van der Waals surface area contributed by atoms with Crippen LogP contribution in [0, 0.1) is 28.6 Å². The zero-order valence-corrected chi connectivity index (χ0v) is 12.1. The summed E-state index contributed by atoms with van der Waals surface area (Å²) in [5, 5.41) is 11.9. The van der Waals surface area contributed by atoms with Gasteiger partial charge in [-0.15, -0.1) is 0 Å². The zero-order chi connectivity index (χ0) is 16.1. The summed E-state index contributed by atoms with van der Waals surface area (Å²) in [6.07, 6.45) is -0.397. The van der Waals surface area contributed by atoms with E-state index in [1.165, 1.54) is 6.92 Å². The van der Waals surface area contributed by atoms with Gasteiger partial charge in [0.05, 0.1) is 17.4 Å². The molecule has 3 fully saturated rings. The molecule has 2 saturated carbocycles. The molecular formula is C15H16N2O5. The second-order valence-corrected chi connectivity index (χ2v) is 6.22. The van der Waals surface area contributed by atoms with Gasteiger partial charge in [0.2, 0.25) is 5.91 Å². The van der Waals surface area contributed by atoms with Gasteiger partial charge >= 0.3 is 11.9 Å². The fraction of sp³-hybridized carbons (Fsp3) is 0.600. The van der Waals surface area contributed by atoms with E-state index >= 15 is 0 Å². The van der Waals surface area contributed by atoms with Crippen molar-refractivity contribution in [2.45, 2.75) is 32.0 Å². The first-order valence-electron chi connectivity index (χ1n) is 7.13. The Hall–Kier alpha value is -2.36. The third kappa shape index (κ3) is 1.98. The molecule has 1 heterocycles. The van der Waals surface area contributed by atoms with Gasteiger partial charge in [-0.3, -0.25) is 14.4 Å². The van der Waals surface area contributed by atoms with E-state index in [-0.39, 0.29) is 29.9 Å². The van der Waals surface area contributed by atoms with E-state index in [0.717, 1.165) is 0 Å². The maximum Gasteiger partial charge on any atom is 0.325 e. The van der Waals surface area contributed by atoms with Crippen molar-refractivity contribution in [1.29, 1.82) is 5.26 Å². The number of nitriles is 1. The van der Waals surface area contributed by atoms with Crippen molar-refractivity contribution in [1.82, 2.24) is 5.32 Å². The Morgan fingerprint density at radius 2 is 2.27 bits per heavy atom. The number of nitrogens with one attached hydrogen (secondary N) is 1. The summed E-state index contributed by atoms with van der Waals surface area (Å²) in [4.78, 5) is 35.0. The van der Waals surface area contributed by atoms with Gasteiger partial charge in [-0.25, -0.2) is 0 Å². The topological polar surface area (TPSA) is 105 Å². The van der Waals surface area contributed by atoms with E-state index in [2.05, 4.69) is 18.0 Å². The van der Waals surface area contributed by atoms with Crippen molar-refractivity contribution in [3.05, 3.63) is 12.2 Å². The van der Waals surface area contributed by atoms with Gasteiger partial charge in [-0.05, 0) is 19.8 Å². The SMILES string of the molecule is C=C(C)C(=O)NCC(=O)OC1C2OC(=O)C3CC1(C#N)CC32. The highest BCUT2D eigenvalue weighted by molar-refractivity contribution is 5.94. The lowest BCUT2D eigenvalue weighted by atomic mass is 9.79. The van der Waals surface area contributed by atoms with Crippen LogP contribution in [-0.4, -0.2) is 36.6 Å². The summed E-state index contributed by atoms with van der Waals surface area (Å²) < 4.78 is 10.6. The van der Waals surface area contributed by atoms with Crippen LogP contribution in [0.5, 0.6) is 0 Å². The minimum atomic E-state index is -0.847. The van der Waals surface area contributed by atoms with Gasteiger partial charge in [0.1, 0.15) is 12.6 Å². The molecule has 1 saturated heterocycles. The Morgan fingerprint density at radius 1 is 1.55 bits per heavy atom. The maximum atomic E-state index is 11.9. The van der Waals surface area contributed by atoms with Crippen LogP contribution < -0.4 is 5.32 Å². The molecule has 0 spiro atoms. The van der Waals surface area contributed by atoms with E-state index in [0.29, 0.717) is 12.8 Å². The van der Waals surface area contributed by atoms with Crippen molar-refractivity contribution in [2.24, 2.45) is 17.3 Å². The third-order valence-electron chi connectivity index (χ3n) is 4.78. The van der Waals surface area contributed by atoms with Crippen LogP contribution in [0.2, 0.25) is 0 Å². The van der Waals surface area contributed by atoms with Gasteiger partial charge in [0, 0.05) is 11.5 Å². The van der Waals surface area contributed by atoms with Crippen molar-refractivity contribution in [3.8, 4) is 6.07 Å². The highest BCUT2D eigenvalue weighted by Gasteiger charge is 2.71. The highest BCUT2D eigenvalue weighted by atomic mass is 16.6. The summed E-state index contributed by atoms with van der Waals surface area (Å²) >= 11 is 0. The van der Waals surface area contributed by atoms with E-state index in [1.807, 2.05) is 0 Å². The van der Waals surface area contributed by atoms with E-state index < -0.39 is 29.5 Å². The van der Waals surface area contributed by atoms with Crippen LogP contribution in [0.3, 0.4) is 0 Å². The van der Waals surface area contributed by atoms with Gasteiger partial charge in [0.25, 0.3) is 0 Å². The molecule has 22 heavy (non-hydrogen) atoms. The number of fused-ring (bicyclic) bond motifs is 1. The minimum absolute atomic E-state index is 0.0463. The van der Waals surface area contributed by atoms with E-state index in [4.69, 9.17) is 9.47 Å². The monoisotopic (exact) mass is 304 g/mol. The van der Waals surface area contributed by atoms with Gasteiger partial charge in [-0.1, -0.05) is 6.58 Å². The van der Waals surface area contributed by atoms with Crippen LogP contribution in [0.25, 0.3) is 0 Å². The van der Waals surface area contributed by atoms with E-state index in [1.54, 1.807) is 0 Å². The molecule has 5 atom stereocenters. The Kier molecular flexibility index (Phi) is 3.20. The Bertz CT molecular complexity index is 622. The molecule has 1 aliphatic heterocycles. The molecule has 2 aliphatic carbocycles. The molecule has 1 N–H and O–H groups in total. The van der Waals surface area contributed by atoms with Crippen LogP contribution in [-0.2, 0) is 23.9 Å². The number of amides is 1. The third-order valence-corrected chi connectivity index (χ3v) is 4.78. The summed E-state index contributed by atoms with van der Waals surface area (Å²) in [7, 11) is 0. The number of carbonyl (C=O) groups excluding carboxylic acids is 3. The number of nitrogens with zero attached hydrogens (tertiary/aromatic N) is 1. The molecule has 0 aromatic rings. The number of carbonyl (C=O) groups is 3. The van der Waals surface area contributed by atoms with Crippen LogP contribution in [0.15, 0.2) is 12.2 Å². The first kappa shape index (κ1) is 14.6. The Balaban J connectivity index is 1.67. The lowest BCUT2D eigenvalue weighted by molar-refractivity contribution is -0.163. The van der Waals surface area contributed by atoms with Crippen molar-refractivity contribution >= 4 is 17.8 Å². The van der Waals surface area contributed by atoms with Gasteiger partial charge in [0.15, 0.2) is 6.10 Å². The molecule has 0 aromatic heterocycles.